The number of aromatic nitrogens is 3. The van der Waals surface area contributed by atoms with Crippen molar-refractivity contribution in [3.05, 3.63) is 41.7 Å². The van der Waals surface area contributed by atoms with Crippen LogP contribution in [-0.4, -0.2) is 32.2 Å². The van der Waals surface area contributed by atoms with Gasteiger partial charge < -0.3 is 10.6 Å². The summed E-state index contributed by atoms with van der Waals surface area (Å²) in [7, 11) is 0. The first-order valence-corrected chi connectivity index (χ1v) is 8.63. The zero-order valence-electron chi connectivity index (χ0n) is 13.6. The zero-order valence-corrected chi connectivity index (χ0v) is 14.4. The first kappa shape index (κ1) is 15.6. The number of carbonyl (C=O) groups excluding carboxylic acids is 2. The number of hydrogen-bond donors (Lipinski definition) is 3. The van der Waals surface area contributed by atoms with Crippen LogP contribution in [-0.2, 0) is 4.79 Å². The number of carbonyl (C=O) groups is 2. The van der Waals surface area contributed by atoms with Crippen LogP contribution in [0.5, 0.6) is 0 Å². The molecule has 2 aromatic heterocycles. The second kappa shape index (κ2) is 5.89. The van der Waals surface area contributed by atoms with E-state index in [0.717, 1.165) is 16.0 Å². The predicted octanol–water partition coefficient (Wildman–Crippen LogP) is 2.95. The molecule has 25 heavy (non-hydrogen) atoms. The maximum Gasteiger partial charge on any atom is 0.255 e. The van der Waals surface area contributed by atoms with Crippen LogP contribution in [0.2, 0.25) is 0 Å². The number of nitrogens with one attached hydrogen (secondary N) is 3. The average molecular weight is 353 g/mol. The second-order valence-electron chi connectivity index (χ2n) is 5.86. The van der Waals surface area contributed by atoms with Gasteiger partial charge in [-0.1, -0.05) is 0 Å². The second-order valence-corrected chi connectivity index (χ2v) is 7.24. The topological polar surface area (TPSA) is 99.8 Å². The highest BCUT2D eigenvalue weighted by atomic mass is 32.2. The van der Waals surface area contributed by atoms with Gasteiger partial charge in [-0.05, 0) is 38.1 Å². The Morgan fingerprint density at radius 3 is 3.00 bits per heavy atom. The Hall–Kier alpha value is -2.87. The number of fused-ring (bicyclic) bond motifs is 2. The van der Waals surface area contributed by atoms with Crippen molar-refractivity contribution in [1.82, 2.24) is 15.2 Å². The third-order valence-electron chi connectivity index (χ3n) is 4.03. The number of benzene rings is 1. The van der Waals surface area contributed by atoms with E-state index in [2.05, 4.69) is 25.8 Å². The van der Waals surface area contributed by atoms with E-state index >= 15 is 0 Å². The molecular formula is C17H15N5O2S. The maximum atomic E-state index is 12.5. The molecule has 3 aromatic rings. The molecule has 3 heterocycles. The van der Waals surface area contributed by atoms with Crippen LogP contribution < -0.4 is 10.6 Å². The highest BCUT2D eigenvalue weighted by Gasteiger charge is 2.23. The Balaban J connectivity index is 1.59. The van der Waals surface area contributed by atoms with Gasteiger partial charge in [-0.15, -0.1) is 11.8 Å². The van der Waals surface area contributed by atoms with Crippen molar-refractivity contribution in [2.45, 2.75) is 24.0 Å². The number of rotatable bonds is 2. The number of pyridine rings is 1. The lowest BCUT2D eigenvalue weighted by molar-refractivity contribution is -0.115. The van der Waals surface area contributed by atoms with Gasteiger partial charge in [0.05, 0.1) is 22.8 Å². The lowest BCUT2D eigenvalue weighted by Gasteiger charge is -2.21. The zero-order chi connectivity index (χ0) is 17.6. The quantitative estimate of drug-likeness (QED) is 0.658. The number of thioether (sulfide) groups is 1. The van der Waals surface area contributed by atoms with E-state index in [4.69, 9.17) is 0 Å². The van der Waals surface area contributed by atoms with Gasteiger partial charge in [0.1, 0.15) is 0 Å². The summed E-state index contributed by atoms with van der Waals surface area (Å²) in [5.74, 6) is -0.317. The van der Waals surface area contributed by atoms with Crippen molar-refractivity contribution < 1.29 is 9.59 Å². The van der Waals surface area contributed by atoms with Crippen molar-refractivity contribution in [1.29, 1.82) is 0 Å². The molecule has 1 aliphatic rings. The summed E-state index contributed by atoms with van der Waals surface area (Å²) in [6.45, 7) is 3.75. The Morgan fingerprint density at radius 2 is 2.16 bits per heavy atom. The molecule has 0 saturated carbocycles. The van der Waals surface area contributed by atoms with E-state index in [1.54, 1.807) is 18.3 Å². The minimum atomic E-state index is -0.261. The third-order valence-corrected chi connectivity index (χ3v) is 5.21. The van der Waals surface area contributed by atoms with E-state index in [-0.39, 0.29) is 17.1 Å². The van der Waals surface area contributed by atoms with Crippen molar-refractivity contribution >= 4 is 46.0 Å². The fourth-order valence-electron chi connectivity index (χ4n) is 2.64. The summed E-state index contributed by atoms with van der Waals surface area (Å²) in [5, 5.41) is 13.3. The molecule has 1 atom stereocenters. The molecule has 3 N–H and O–H groups in total. The van der Waals surface area contributed by atoms with Gasteiger partial charge in [-0.25, -0.2) is 4.98 Å². The summed E-state index contributed by atoms with van der Waals surface area (Å²) in [6.07, 6.45) is 1.57. The fourth-order valence-corrected chi connectivity index (χ4v) is 3.57. The van der Waals surface area contributed by atoms with Gasteiger partial charge in [-0.2, -0.15) is 5.10 Å². The molecule has 0 radical (unpaired) electrons. The van der Waals surface area contributed by atoms with Crippen LogP contribution in [0, 0.1) is 6.92 Å². The maximum absolute atomic E-state index is 12.5. The van der Waals surface area contributed by atoms with E-state index in [0.29, 0.717) is 22.6 Å². The van der Waals surface area contributed by atoms with E-state index in [1.807, 2.05) is 26.0 Å². The number of amides is 2. The molecule has 7 nitrogen and oxygen atoms in total. The highest BCUT2D eigenvalue weighted by Crippen LogP contribution is 2.36. The van der Waals surface area contributed by atoms with E-state index in [9.17, 15) is 9.59 Å². The Bertz CT molecular complexity index is 1010. The van der Waals surface area contributed by atoms with Crippen LogP contribution in [0.4, 0.5) is 11.4 Å². The van der Waals surface area contributed by atoms with Gasteiger partial charge in [0.25, 0.3) is 5.91 Å². The lowest BCUT2D eigenvalue weighted by atomic mass is 10.1. The molecule has 0 aliphatic carbocycles. The number of aromatic amines is 1. The minimum Gasteiger partial charge on any atom is -0.324 e. The summed E-state index contributed by atoms with van der Waals surface area (Å²) >= 11 is 1.48. The number of anilines is 2. The Labute approximate surface area is 147 Å². The van der Waals surface area contributed by atoms with Gasteiger partial charge in [0, 0.05) is 21.5 Å². The fraction of sp³-hybridized carbons (Fsp3) is 0.176. The monoisotopic (exact) mass is 353 g/mol. The summed E-state index contributed by atoms with van der Waals surface area (Å²) in [6, 6.07) is 7.13. The predicted molar refractivity (Wildman–Crippen MR) is 97.0 cm³/mol. The first-order chi connectivity index (χ1) is 12.0. The third kappa shape index (κ3) is 2.85. The molecule has 0 bridgehead atoms. The van der Waals surface area contributed by atoms with Gasteiger partial charge in [-0.3, -0.25) is 14.7 Å². The largest absolute Gasteiger partial charge is 0.324 e. The molecule has 0 saturated heterocycles. The molecule has 126 valence electrons. The Morgan fingerprint density at radius 1 is 1.32 bits per heavy atom. The summed E-state index contributed by atoms with van der Waals surface area (Å²) in [4.78, 5) is 29.5. The van der Waals surface area contributed by atoms with E-state index in [1.165, 1.54) is 11.8 Å². The van der Waals surface area contributed by atoms with Crippen molar-refractivity contribution in [2.75, 3.05) is 10.6 Å². The van der Waals surface area contributed by atoms with Gasteiger partial charge in [0.2, 0.25) is 5.91 Å². The molecule has 2 amide bonds. The molecule has 1 aromatic carbocycles. The SMILES string of the molecule is Cc1[nH]nc2ncc(NC(=O)c3ccc4c(c3)NC(=O)C(C)S4)cc12. The van der Waals surface area contributed by atoms with E-state index < -0.39 is 0 Å². The van der Waals surface area contributed by atoms with Gasteiger partial charge in [0.15, 0.2) is 5.65 Å². The minimum absolute atomic E-state index is 0.0554. The van der Waals surface area contributed by atoms with Crippen molar-refractivity contribution in [2.24, 2.45) is 0 Å². The first-order valence-electron chi connectivity index (χ1n) is 7.75. The van der Waals surface area contributed by atoms with Crippen LogP contribution in [0.25, 0.3) is 11.0 Å². The summed E-state index contributed by atoms with van der Waals surface area (Å²) < 4.78 is 0. The molecule has 8 heteroatoms. The average Bonchev–Trinajstić information content (AvgIpc) is 2.96. The normalized spacial score (nSPS) is 16.4. The van der Waals surface area contributed by atoms with Crippen molar-refractivity contribution in [3.8, 4) is 0 Å². The number of nitrogens with zero attached hydrogens (tertiary/aromatic N) is 2. The lowest BCUT2D eigenvalue weighted by Crippen LogP contribution is -2.26. The molecule has 1 unspecified atom stereocenters. The van der Waals surface area contributed by atoms with Crippen LogP contribution in [0.1, 0.15) is 23.0 Å². The molecular weight excluding hydrogens is 338 g/mol. The number of aryl methyl sites for hydroxylation is 1. The van der Waals surface area contributed by atoms with Crippen LogP contribution >= 0.6 is 11.8 Å². The van der Waals surface area contributed by atoms with Crippen LogP contribution in [0.3, 0.4) is 0 Å². The molecule has 1 aliphatic heterocycles. The van der Waals surface area contributed by atoms with Crippen LogP contribution in [0.15, 0.2) is 35.4 Å². The van der Waals surface area contributed by atoms with Crippen molar-refractivity contribution in [3.63, 3.8) is 0 Å². The molecule has 0 fully saturated rings. The number of hydrogen-bond acceptors (Lipinski definition) is 5. The summed E-state index contributed by atoms with van der Waals surface area (Å²) in [5.41, 5.74) is 3.23. The standard InChI is InChI=1S/C17H15N5O2S/c1-8-12-6-11(7-18-15(12)22-21-8)19-17(24)10-3-4-14-13(5-10)20-16(23)9(2)25-14/h3-7,9H,1-2H3,(H,19,24)(H,20,23)(H,18,21,22). The molecule has 4 rings (SSSR count). The smallest absolute Gasteiger partial charge is 0.255 e. The van der Waals surface area contributed by atoms with Gasteiger partial charge >= 0.3 is 0 Å². The molecule has 0 spiro atoms. The highest BCUT2D eigenvalue weighted by molar-refractivity contribution is 8.00. The number of H-pyrrole nitrogens is 1. The Kier molecular flexibility index (Phi) is 3.69.